The number of hydrogen-bond donors (Lipinski definition) is 2. The molecule has 0 aromatic heterocycles. The number of carbonyl (C=O) groups is 2. The van der Waals surface area contributed by atoms with E-state index in [0.717, 1.165) is 27.7 Å². The van der Waals surface area contributed by atoms with Gasteiger partial charge < -0.3 is 15.4 Å². The smallest absolute Gasteiger partial charge is 0.226 e. The number of aryl methyl sites for hydroxylation is 1. The summed E-state index contributed by atoms with van der Waals surface area (Å²) in [7, 11) is 0. The number of halogens is 1. The van der Waals surface area contributed by atoms with E-state index in [9.17, 15) is 9.59 Å². The maximum atomic E-state index is 12.2. The number of benzene rings is 2. The van der Waals surface area contributed by atoms with Crippen molar-refractivity contribution >= 4 is 33.4 Å². The molecule has 2 amide bonds. The zero-order valence-electron chi connectivity index (χ0n) is 15.3. The second kappa shape index (κ2) is 9.15. The zero-order chi connectivity index (χ0) is 19.2. The van der Waals surface area contributed by atoms with Gasteiger partial charge in [0.25, 0.3) is 0 Å². The van der Waals surface area contributed by atoms with Gasteiger partial charge in [0, 0.05) is 23.1 Å². The molecule has 1 aliphatic heterocycles. The van der Waals surface area contributed by atoms with Crippen LogP contribution >= 0.6 is 15.9 Å². The molecule has 0 spiro atoms. The van der Waals surface area contributed by atoms with E-state index >= 15 is 0 Å². The lowest BCUT2D eigenvalue weighted by molar-refractivity contribution is -0.124. The minimum absolute atomic E-state index is 0.107. The van der Waals surface area contributed by atoms with Crippen molar-refractivity contribution in [2.45, 2.75) is 32.3 Å². The van der Waals surface area contributed by atoms with Crippen LogP contribution in [0.2, 0.25) is 0 Å². The van der Waals surface area contributed by atoms with Gasteiger partial charge in [-0.1, -0.05) is 40.2 Å². The van der Waals surface area contributed by atoms with Gasteiger partial charge in [0.2, 0.25) is 11.8 Å². The summed E-state index contributed by atoms with van der Waals surface area (Å²) in [5.41, 5.74) is 4.09. The van der Waals surface area contributed by atoms with Crippen LogP contribution in [0.4, 0.5) is 5.69 Å². The molecule has 5 nitrogen and oxygen atoms in total. The monoisotopic (exact) mass is 430 g/mol. The van der Waals surface area contributed by atoms with E-state index in [2.05, 4.69) is 32.6 Å². The van der Waals surface area contributed by atoms with Crippen LogP contribution < -0.4 is 10.6 Å². The largest absolute Gasteiger partial charge is 0.373 e. The predicted molar refractivity (Wildman–Crippen MR) is 109 cm³/mol. The normalized spacial score (nSPS) is 15.7. The van der Waals surface area contributed by atoms with E-state index in [1.165, 1.54) is 5.56 Å². The lowest BCUT2D eigenvalue weighted by Gasteiger charge is -2.25. The molecule has 1 atom stereocenters. The number of carbonyl (C=O) groups excluding carboxylic acids is 2. The molecule has 27 heavy (non-hydrogen) atoms. The van der Waals surface area contributed by atoms with Gasteiger partial charge in [-0.05, 0) is 48.2 Å². The lowest BCUT2D eigenvalue weighted by atomic mass is 9.95. The third-order valence-corrected chi connectivity index (χ3v) is 5.09. The molecule has 2 aromatic rings. The van der Waals surface area contributed by atoms with E-state index in [1.807, 2.05) is 43.3 Å². The van der Waals surface area contributed by atoms with Crippen LogP contribution in [-0.4, -0.2) is 25.0 Å². The SMILES string of the molecule is Cc1cc(Br)ccc1NC(=O)CCNC(=O)CC1OCCc2ccccc21. The fourth-order valence-electron chi connectivity index (χ4n) is 3.18. The summed E-state index contributed by atoms with van der Waals surface area (Å²) in [4.78, 5) is 24.3. The number of anilines is 1. The summed E-state index contributed by atoms with van der Waals surface area (Å²) >= 11 is 3.40. The van der Waals surface area contributed by atoms with Crippen molar-refractivity contribution in [2.75, 3.05) is 18.5 Å². The van der Waals surface area contributed by atoms with Crippen LogP contribution in [0.25, 0.3) is 0 Å². The molecular formula is C21H23BrN2O3. The molecule has 1 unspecified atom stereocenters. The van der Waals surface area contributed by atoms with Crippen molar-refractivity contribution in [3.8, 4) is 0 Å². The van der Waals surface area contributed by atoms with Crippen LogP contribution in [0.5, 0.6) is 0 Å². The van der Waals surface area contributed by atoms with Gasteiger partial charge in [0.05, 0.1) is 19.1 Å². The Hall–Kier alpha value is -2.18. The maximum absolute atomic E-state index is 12.2. The van der Waals surface area contributed by atoms with E-state index in [4.69, 9.17) is 4.74 Å². The van der Waals surface area contributed by atoms with Crippen molar-refractivity contribution in [3.05, 3.63) is 63.6 Å². The second-order valence-electron chi connectivity index (χ2n) is 6.62. The lowest BCUT2D eigenvalue weighted by Crippen LogP contribution is -2.30. The summed E-state index contributed by atoms with van der Waals surface area (Å²) in [6.45, 7) is 2.86. The first-order valence-corrected chi connectivity index (χ1v) is 9.84. The van der Waals surface area contributed by atoms with Crippen LogP contribution in [0.1, 0.15) is 35.6 Å². The third kappa shape index (κ3) is 5.40. The first-order chi connectivity index (χ1) is 13.0. The fourth-order valence-corrected chi connectivity index (χ4v) is 3.66. The first-order valence-electron chi connectivity index (χ1n) is 9.05. The standard InChI is InChI=1S/C21H23BrN2O3/c1-14-12-16(22)6-7-18(14)24-20(25)8-10-23-21(26)13-19-17-5-3-2-4-15(17)9-11-27-19/h2-7,12,19H,8-11,13H2,1H3,(H,23,26)(H,24,25). The Balaban J connectivity index is 1.44. The highest BCUT2D eigenvalue weighted by atomic mass is 79.9. The molecule has 0 saturated carbocycles. The Morgan fingerprint density at radius 2 is 2.00 bits per heavy atom. The van der Waals surface area contributed by atoms with Gasteiger partial charge >= 0.3 is 0 Å². The van der Waals surface area contributed by atoms with Gasteiger partial charge in [-0.25, -0.2) is 0 Å². The van der Waals surface area contributed by atoms with Crippen LogP contribution in [0, 0.1) is 6.92 Å². The highest BCUT2D eigenvalue weighted by Gasteiger charge is 2.22. The Labute approximate surface area is 167 Å². The van der Waals surface area contributed by atoms with Gasteiger partial charge in [0.1, 0.15) is 0 Å². The minimum atomic E-state index is -0.214. The van der Waals surface area contributed by atoms with Crippen LogP contribution in [0.3, 0.4) is 0 Å². The molecule has 1 aliphatic rings. The van der Waals surface area contributed by atoms with Gasteiger partial charge in [-0.15, -0.1) is 0 Å². The Morgan fingerprint density at radius 1 is 1.19 bits per heavy atom. The second-order valence-corrected chi connectivity index (χ2v) is 7.54. The highest BCUT2D eigenvalue weighted by molar-refractivity contribution is 9.10. The summed E-state index contributed by atoms with van der Waals surface area (Å²) in [5.74, 6) is -0.232. The first kappa shape index (κ1) is 19.6. The van der Waals surface area contributed by atoms with Crippen LogP contribution in [0.15, 0.2) is 46.9 Å². The molecule has 0 saturated heterocycles. The minimum Gasteiger partial charge on any atom is -0.373 e. The summed E-state index contributed by atoms with van der Waals surface area (Å²) in [6.07, 6.45) is 1.16. The molecule has 0 bridgehead atoms. The van der Waals surface area contributed by atoms with Gasteiger partial charge in [-0.2, -0.15) is 0 Å². The average molecular weight is 431 g/mol. The number of hydrogen-bond acceptors (Lipinski definition) is 3. The molecular weight excluding hydrogens is 408 g/mol. The van der Waals surface area contributed by atoms with Gasteiger partial charge in [-0.3, -0.25) is 9.59 Å². The molecule has 2 aromatic carbocycles. The molecule has 6 heteroatoms. The zero-order valence-corrected chi connectivity index (χ0v) is 16.8. The summed E-state index contributed by atoms with van der Waals surface area (Å²) in [6, 6.07) is 13.7. The molecule has 0 aliphatic carbocycles. The number of ether oxygens (including phenoxy) is 1. The predicted octanol–water partition coefficient (Wildman–Crippen LogP) is 3.91. The maximum Gasteiger partial charge on any atom is 0.226 e. The number of fused-ring (bicyclic) bond motifs is 1. The number of amides is 2. The van der Waals surface area contributed by atoms with E-state index in [0.29, 0.717) is 13.2 Å². The van der Waals surface area contributed by atoms with Crippen molar-refractivity contribution < 1.29 is 14.3 Å². The Morgan fingerprint density at radius 3 is 2.81 bits per heavy atom. The van der Waals surface area contributed by atoms with E-state index in [-0.39, 0.29) is 30.8 Å². The van der Waals surface area contributed by atoms with Crippen molar-refractivity contribution in [2.24, 2.45) is 0 Å². The summed E-state index contributed by atoms with van der Waals surface area (Å²) < 4.78 is 6.73. The Bertz CT molecular complexity index is 838. The fraction of sp³-hybridized carbons (Fsp3) is 0.333. The molecule has 0 fully saturated rings. The molecule has 2 N–H and O–H groups in total. The van der Waals surface area contributed by atoms with Crippen molar-refractivity contribution in [1.82, 2.24) is 5.32 Å². The van der Waals surface area contributed by atoms with E-state index in [1.54, 1.807) is 0 Å². The molecule has 1 heterocycles. The summed E-state index contributed by atoms with van der Waals surface area (Å²) in [5, 5.41) is 5.68. The quantitative estimate of drug-likeness (QED) is 0.729. The van der Waals surface area contributed by atoms with Crippen molar-refractivity contribution in [1.29, 1.82) is 0 Å². The van der Waals surface area contributed by atoms with Crippen molar-refractivity contribution in [3.63, 3.8) is 0 Å². The van der Waals surface area contributed by atoms with E-state index < -0.39 is 0 Å². The molecule has 3 rings (SSSR count). The molecule has 142 valence electrons. The third-order valence-electron chi connectivity index (χ3n) is 4.60. The number of rotatable bonds is 6. The Kier molecular flexibility index (Phi) is 6.63. The topological polar surface area (TPSA) is 67.4 Å². The molecule has 0 radical (unpaired) electrons. The average Bonchev–Trinajstić information content (AvgIpc) is 2.64. The van der Waals surface area contributed by atoms with Gasteiger partial charge in [0.15, 0.2) is 0 Å². The highest BCUT2D eigenvalue weighted by Crippen LogP contribution is 2.29. The number of nitrogens with one attached hydrogen (secondary N) is 2. The van der Waals surface area contributed by atoms with Crippen LogP contribution in [-0.2, 0) is 20.7 Å².